The average Bonchev–Trinajstić information content (AvgIpc) is 3.45. The van der Waals surface area contributed by atoms with E-state index in [4.69, 9.17) is 4.98 Å². The molecule has 9 rings (SSSR count). The van der Waals surface area contributed by atoms with Gasteiger partial charge in [-0.2, -0.15) is 0 Å². The number of hydrogen-bond donors (Lipinski definition) is 0. The Bertz CT molecular complexity index is 2430. The van der Waals surface area contributed by atoms with Crippen molar-refractivity contribution >= 4 is 43.4 Å². The molecule has 0 bridgehead atoms. The van der Waals surface area contributed by atoms with Gasteiger partial charge in [0.05, 0.1) is 16.7 Å². The molecule has 0 radical (unpaired) electrons. The van der Waals surface area contributed by atoms with E-state index in [2.05, 4.69) is 161 Å². The van der Waals surface area contributed by atoms with E-state index in [1.54, 1.807) is 0 Å². The molecule has 0 unspecified atom stereocenters. The Morgan fingerprint density at radius 1 is 0.400 bits per heavy atom. The van der Waals surface area contributed by atoms with Crippen LogP contribution in [-0.2, 0) is 0 Å². The first-order valence-electron chi connectivity index (χ1n) is 15.3. The number of pyridine rings is 2. The fourth-order valence-electron chi connectivity index (χ4n) is 6.96. The summed E-state index contributed by atoms with van der Waals surface area (Å²) >= 11 is 0. The summed E-state index contributed by atoms with van der Waals surface area (Å²) in [6.45, 7) is 0. The zero-order chi connectivity index (χ0) is 29.7. The first-order chi connectivity index (χ1) is 22.3. The molecule has 6 aromatic carbocycles. The van der Waals surface area contributed by atoms with Gasteiger partial charge in [0.1, 0.15) is 5.82 Å². The molecule has 0 saturated carbocycles. The monoisotopic (exact) mass is 573 g/mol. The van der Waals surface area contributed by atoms with Crippen LogP contribution in [0, 0.1) is 0 Å². The van der Waals surface area contributed by atoms with Crippen molar-refractivity contribution in [3.63, 3.8) is 0 Å². The van der Waals surface area contributed by atoms with Crippen molar-refractivity contribution < 1.29 is 0 Å². The molecule has 0 aliphatic heterocycles. The molecule has 0 amide bonds. The third-order valence-electron chi connectivity index (χ3n) is 8.88. The van der Waals surface area contributed by atoms with Gasteiger partial charge >= 0.3 is 0 Å². The highest BCUT2D eigenvalue weighted by Crippen LogP contribution is 2.44. The van der Waals surface area contributed by atoms with Crippen LogP contribution in [0.2, 0.25) is 0 Å². The zero-order valence-corrected chi connectivity index (χ0v) is 24.4. The summed E-state index contributed by atoms with van der Waals surface area (Å²) in [4.78, 5) is 9.65. The first kappa shape index (κ1) is 25.4. The molecule has 3 heterocycles. The summed E-state index contributed by atoms with van der Waals surface area (Å²) in [6.07, 6.45) is 3.79. The second-order valence-corrected chi connectivity index (χ2v) is 11.4. The van der Waals surface area contributed by atoms with E-state index in [1.165, 1.54) is 49.2 Å². The Balaban J connectivity index is 1.25. The van der Waals surface area contributed by atoms with Crippen LogP contribution < -0.4 is 0 Å². The standard InChI is InChI=1S/C42H27N3/c1-2-12-28(13-3-1)41-32-17-4-6-19-34(32)42(35-20-7-5-18-33(35)41)30-15-10-14-29(26-30)37-21-11-23-40(44-37)45-38-22-9-8-16-31(38)36-27-43-25-24-39(36)45/h1-27H. The maximum Gasteiger partial charge on any atom is 0.138 e. The molecule has 0 aliphatic rings. The summed E-state index contributed by atoms with van der Waals surface area (Å²) in [5, 5.41) is 7.29. The van der Waals surface area contributed by atoms with Crippen LogP contribution in [-0.4, -0.2) is 14.5 Å². The Morgan fingerprint density at radius 2 is 0.956 bits per heavy atom. The molecular weight excluding hydrogens is 546 g/mol. The molecule has 0 fully saturated rings. The molecule has 0 N–H and O–H groups in total. The van der Waals surface area contributed by atoms with Gasteiger partial charge in [0, 0.05) is 28.7 Å². The normalized spacial score (nSPS) is 11.6. The highest BCUT2D eigenvalue weighted by Gasteiger charge is 2.17. The molecule has 3 nitrogen and oxygen atoms in total. The Labute approximate surface area is 260 Å². The molecule has 3 aromatic heterocycles. The maximum atomic E-state index is 5.24. The predicted octanol–water partition coefficient (Wildman–Crippen LogP) is 10.9. The molecule has 210 valence electrons. The minimum atomic E-state index is 0.887. The second kappa shape index (κ2) is 10.3. The third kappa shape index (κ3) is 4.05. The minimum Gasteiger partial charge on any atom is -0.294 e. The number of benzene rings is 6. The molecule has 0 atom stereocenters. The summed E-state index contributed by atoms with van der Waals surface area (Å²) < 4.78 is 2.24. The van der Waals surface area contributed by atoms with Gasteiger partial charge in [-0.3, -0.25) is 9.55 Å². The highest BCUT2D eigenvalue weighted by atomic mass is 15.1. The number of fused-ring (bicyclic) bond motifs is 5. The van der Waals surface area contributed by atoms with E-state index in [9.17, 15) is 0 Å². The Kier molecular flexibility index (Phi) is 5.82. The van der Waals surface area contributed by atoms with Crippen molar-refractivity contribution in [2.24, 2.45) is 0 Å². The summed E-state index contributed by atoms with van der Waals surface area (Å²) in [6, 6.07) is 54.0. The Hall–Kier alpha value is -6.06. The molecule has 0 spiro atoms. The van der Waals surface area contributed by atoms with E-state index in [-0.39, 0.29) is 0 Å². The van der Waals surface area contributed by atoms with Crippen molar-refractivity contribution in [3.05, 3.63) is 164 Å². The summed E-state index contributed by atoms with van der Waals surface area (Å²) in [5.41, 5.74) is 9.16. The van der Waals surface area contributed by atoms with Crippen LogP contribution in [0.15, 0.2) is 164 Å². The van der Waals surface area contributed by atoms with Gasteiger partial charge < -0.3 is 0 Å². The second-order valence-electron chi connectivity index (χ2n) is 11.4. The van der Waals surface area contributed by atoms with Gasteiger partial charge in [-0.1, -0.05) is 121 Å². The summed E-state index contributed by atoms with van der Waals surface area (Å²) in [7, 11) is 0. The molecule has 3 heteroatoms. The van der Waals surface area contributed by atoms with Crippen LogP contribution in [0.1, 0.15) is 0 Å². The lowest BCUT2D eigenvalue weighted by Crippen LogP contribution is -1.98. The summed E-state index contributed by atoms with van der Waals surface area (Å²) in [5.74, 6) is 0.887. The van der Waals surface area contributed by atoms with Crippen molar-refractivity contribution in [2.45, 2.75) is 0 Å². The van der Waals surface area contributed by atoms with E-state index in [1.807, 2.05) is 12.4 Å². The SMILES string of the molecule is c1ccc(-c2c3ccccc3c(-c3cccc(-c4cccc(-n5c6ccccc6c6cnccc65)n4)c3)c3ccccc23)cc1. The van der Waals surface area contributed by atoms with Gasteiger partial charge in [-0.15, -0.1) is 0 Å². The number of rotatable bonds is 4. The van der Waals surface area contributed by atoms with Crippen molar-refractivity contribution in [1.82, 2.24) is 14.5 Å². The molecule has 0 aliphatic carbocycles. The maximum absolute atomic E-state index is 5.24. The van der Waals surface area contributed by atoms with Crippen molar-refractivity contribution in [2.75, 3.05) is 0 Å². The van der Waals surface area contributed by atoms with Gasteiger partial charge in [0.15, 0.2) is 0 Å². The van der Waals surface area contributed by atoms with E-state index >= 15 is 0 Å². The van der Waals surface area contributed by atoms with Gasteiger partial charge in [-0.05, 0) is 74.1 Å². The van der Waals surface area contributed by atoms with Crippen molar-refractivity contribution in [3.8, 4) is 39.3 Å². The molecule has 9 aromatic rings. The number of para-hydroxylation sites is 1. The van der Waals surface area contributed by atoms with Crippen molar-refractivity contribution in [1.29, 1.82) is 0 Å². The van der Waals surface area contributed by atoms with Crippen LogP contribution >= 0.6 is 0 Å². The molecular formula is C42H27N3. The third-order valence-corrected chi connectivity index (χ3v) is 8.88. The zero-order valence-electron chi connectivity index (χ0n) is 24.4. The van der Waals surface area contributed by atoms with Crippen LogP contribution in [0.25, 0.3) is 82.7 Å². The highest BCUT2D eigenvalue weighted by molar-refractivity contribution is 6.21. The topological polar surface area (TPSA) is 30.7 Å². The first-order valence-corrected chi connectivity index (χ1v) is 15.3. The van der Waals surface area contributed by atoms with Gasteiger partial charge in [-0.25, -0.2) is 4.98 Å². The largest absolute Gasteiger partial charge is 0.294 e. The van der Waals surface area contributed by atoms with E-state index < -0.39 is 0 Å². The lowest BCUT2D eigenvalue weighted by Gasteiger charge is -2.18. The van der Waals surface area contributed by atoms with Crippen LogP contribution in [0.3, 0.4) is 0 Å². The number of aromatic nitrogens is 3. The smallest absolute Gasteiger partial charge is 0.138 e. The molecule has 45 heavy (non-hydrogen) atoms. The quantitative estimate of drug-likeness (QED) is 0.196. The van der Waals surface area contributed by atoms with E-state index in [0.717, 1.165) is 33.5 Å². The average molecular weight is 574 g/mol. The van der Waals surface area contributed by atoms with Gasteiger partial charge in [0.2, 0.25) is 0 Å². The van der Waals surface area contributed by atoms with Crippen LogP contribution in [0.5, 0.6) is 0 Å². The fraction of sp³-hybridized carbons (Fsp3) is 0. The predicted molar refractivity (Wildman–Crippen MR) is 188 cm³/mol. The lowest BCUT2D eigenvalue weighted by molar-refractivity contribution is 1.08. The lowest BCUT2D eigenvalue weighted by atomic mass is 9.85. The number of nitrogens with zero attached hydrogens (tertiary/aromatic N) is 3. The van der Waals surface area contributed by atoms with Crippen LogP contribution in [0.4, 0.5) is 0 Å². The fourth-order valence-corrected chi connectivity index (χ4v) is 6.96. The number of hydrogen-bond acceptors (Lipinski definition) is 2. The Morgan fingerprint density at radius 3 is 1.69 bits per heavy atom. The van der Waals surface area contributed by atoms with E-state index in [0.29, 0.717) is 0 Å². The molecule has 0 saturated heterocycles. The minimum absolute atomic E-state index is 0.887. The van der Waals surface area contributed by atoms with Gasteiger partial charge in [0.25, 0.3) is 0 Å².